The Morgan fingerprint density at radius 2 is 2.13 bits per heavy atom. The lowest BCUT2D eigenvalue weighted by molar-refractivity contribution is 0.102. The highest BCUT2D eigenvalue weighted by molar-refractivity contribution is 6.31. The highest BCUT2D eigenvalue weighted by atomic mass is 35.5. The molecule has 0 saturated carbocycles. The van der Waals surface area contributed by atoms with E-state index >= 15 is 0 Å². The van der Waals surface area contributed by atoms with Crippen LogP contribution in [0, 0.1) is 6.92 Å². The van der Waals surface area contributed by atoms with Gasteiger partial charge in [-0.1, -0.05) is 11.6 Å². The first-order valence-corrected chi connectivity index (χ1v) is 7.21. The highest BCUT2D eigenvalue weighted by Gasteiger charge is 2.15. The van der Waals surface area contributed by atoms with Gasteiger partial charge in [0.2, 0.25) is 0 Å². The molecule has 1 aromatic carbocycles. The topological polar surface area (TPSA) is 80.1 Å². The maximum Gasteiger partial charge on any atom is 0.276 e. The first-order chi connectivity index (χ1) is 11.1. The number of hydrogen-bond donors (Lipinski definition) is 2. The minimum absolute atomic E-state index is 0.232. The number of amides is 1. The second kappa shape index (κ2) is 6.18. The summed E-state index contributed by atoms with van der Waals surface area (Å²) < 4.78 is 10.7. The van der Waals surface area contributed by atoms with Crippen molar-refractivity contribution < 1.29 is 13.9 Å². The second-order valence-electron chi connectivity index (χ2n) is 4.88. The summed E-state index contributed by atoms with van der Waals surface area (Å²) in [5.41, 5.74) is 1.33. The Morgan fingerprint density at radius 3 is 2.83 bits per heavy atom. The summed E-state index contributed by atoms with van der Waals surface area (Å²) in [6, 6.07) is 10.2. The Hall–Kier alpha value is -2.73. The average Bonchev–Trinajstić information content (AvgIpc) is 3.16. The molecule has 0 unspecified atom stereocenters. The molecule has 2 heterocycles. The van der Waals surface area contributed by atoms with E-state index in [1.54, 1.807) is 24.3 Å². The van der Waals surface area contributed by atoms with Gasteiger partial charge in [-0.15, -0.1) is 0 Å². The minimum Gasteiger partial charge on any atom is -0.495 e. The van der Waals surface area contributed by atoms with Crippen LogP contribution in [0.15, 0.2) is 40.8 Å². The molecule has 1 amide bonds. The molecule has 0 atom stereocenters. The fraction of sp³-hybridized carbons (Fsp3) is 0.125. The first-order valence-electron chi connectivity index (χ1n) is 6.84. The summed E-state index contributed by atoms with van der Waals surface area (Å²) >= 11 is 5.95. The van der Waals surface area contributed by atoms with E-state index in [2.05, 4.69) is 15.5 Å². The van der Waals surface area contributed by atoms with E-state index in [1.807, 2.05) is 19.1 Å². The molecule has 3 rings (SSSR count). The molecule has 0 aliphatic rings. The van der Waals surface area contributed by atoms with Crippen LogP contribution in [0.3, 0.4) is 0 Å². The number of nitrogens with one attached hydrogen (secondary N) is 2. The van der Waals surface area contributed by atoms with Crippen LogP contribution in [-0.4, -0.2) is 23.2 Å². The molecule has 6 nitrogen and oxygen atoms in total. The number of ether oxygens (including phenoxy) is 1. The van der Waals surface area contributed by atoms with Crippen LogP contribution in [-0.2, 0) is 0 Å². The van der Waals surface area contributed by atoms with Crippen molar-refractivity contribution in [3.8, 4) is 17.2 Å². The zero-order chi connectivity index (χ0) is 16.4. The number of carbonyl (C=O) groups excluding carboxylic acids is 1. The van der Waals surface area contributed by atoms with E-state index in [0.29, 0.717) is 27.9 Å². The van der Waals surface area contributed by atoms with Gasteiger partial charge in [0.25, 0.3) is 5.91 Å². The van der Waals surface area contributed by atoms with Crippen molar-refractivity contribution in [3.63, 3.8) is 0 Å². The molecule has 0 spiro atoms. The fourth-order valence-electron chi connectivity index (χ4n) is 2.11. The number of aromatic nitrogens is 2. The average molecular weight is 332 g/mol. The molecule has 0 fully saturated rings. The van der Waals surface area contributed by atoms with E-state index in [0.717, 1.165) is 5.76 Å². The molecule has 0 aliphatic heterocycles. The Bertz CT molecular complexity index is 854. The zero-order valence-electron chi connectivity index (χ0n) is 12.5. The molecule has 118 valence electrons. The van der Waals surface area contributed by atoms with Crippen molar-refractivity contribution in [1.82, 2.24) is 10.2 Å². The maximum atomic E-state index is 12.3. The quantitative estimate of drug-likeness (QED) is 0.760. The highest BCUT2D eigenvalue weighted by Crippen LogP contribution is 2.28. The Balaban J connectivity index is 1.82. The van der Waals surface area contributed by atoms with Crippen molar-refractivity contribution >= 4 is 23.2 Å². The van der Waals surface area contributed by atoms with Crippen LogP contribution in [0.4, 0.5) is 5.69 Å². The number of carbonyl (C=O) groups is 1. The van der Waals surface area contributed by atoms with Crippen molar-refractivity contribution in [2.75, 3.05) is 12.4 Å². The Labute approximate surface area is 137 Å². The zero-order valence-corrected chi connectivity index (χ0v) is 13.3. The molecule has 2 aromatic heterocycles. The van der Waals surface area contributed by atoms with Gasteiger partial charge in [0.15, 0.2) is 11.5 Å². The molecule has 0 aliphatic carbocycles. The summed E-state index contributed by atoms with van der Waals surface area (Å²) in [7, 11) is 1.52. The molecule has 3 aromatic rings. The number of nitrogens with zero attached hydrogens (tertiary/aromatic N) is 1. The summed E-state index contributed by atoms with van der Waals surface area (Å²) in [5, 5.41) is 10.0. The third-order valence-corrected chi connectivity index (χ3v) is 3.46. The van der Waals surface area contributed by atoms with Crippen LogP contribution >= 0.6 is 11.6 Å². The van der Waals surface area contributed by atoms with E-state index in [4.69, 9.17) is 20.8 Å². The lowest BCUT2D eigenvalue weighted by Gasteiger charge is -2.09. The maximum absolute atomic E-state index is 12.3. The monoisotopic (exact) mass is 331 g/mol. The Kier molecular flexibility index (Phi) is 4.08. The number of halogens is 1. The normalized spacial score (nSPS) is 10.6. The number of furan rings is 1. The summed E-state index contributed by atoms with van der Waals surface area (Å²) in [4.78, 5) is 12.3. The van der Waals surface area contributed by atoms with Gasteiger partial charge < -0.3 is 14.5 Å². The van der Waals surface area contributed by atoms with Crippen LogP contribution < -0.4 is 10.1 Å². The van der Waals surface area contributed by atoms with Gasteiger partial charge in [0, 0.05) is 11.1 Å². The van der Waals surface area contributed by atoms with Crippen LogP contribution in [0.5, 0.6) is 5.75 Å². The number of aryl methyl sites for hydroxylation is 1. The molecular weight excluding hydrogens is 318 g/mol. The number of H-pyrrole nitrogens is 1. The van der Waals surface area contributed by atoms with Crippen LogP contribution in [0.25, 0.3) is 11.5 Å². The van der Waals surface area contributed by atoms with Gasteiger partial charge in [-0.3, -0.25) is 9.89 Å². The summed E-state index contributed by atoms with van der Waals surface area (Å²) in [6.45, 7) is 1.85. The van der Waals surface area contributed by atoms with E-state index < -0.39 is 0 Å². The lowest BCUT2D eigenvalue weighted by atomic mass is 10.2. The number of aromatic amines is 1. The van der Waals surface area contributed by atoms with E-state index in [1.165, 1.54) is 7.11 Å². The number of anilines is 1. The largest absolute Gasteiger partial charge is 0.495 e. The molecule has 2 N–H and O–H groups in total. The number of hydrogen-bond acceptors (Lipinski definition) is 4. The van der Waals surface area contributed by atoms with Crippen molar-refractivity contribution in [2.24, 2.45) is 0 Å². The molecule has 0 saturated heterocycles. The van der Waals surface area contributed by atoms with Gasteiger partial charge >= 0.3 is 0 Å². The predicted octanol–water partition coefficient (Wildman–Crippen LogP) is 3.89. The SMILES string of the molecule is COc1ccc(Cl)cc1NC(=O)c1cc(-c2ccc(C)o2)[nH]n1. The fourth-order valence-corrected chi connectivity index (χ4v) is 2.28. The smallest absolute Gasteiger partial charge is 0.276 e. The number of benzene rings is 1. The molecule has 0 bridgehead atoms. The van der Waals surface area contributed by atoms with Crippen molar-refractivity contribution in [1.29, 1.82) is 0 Å². The summed E-state index contributed by atoms with van der Waals surface area (Å²) in [5.74, 6) is 1.54. The van der Waals surface area contributed by atoms with E-state index in [-0.39, 0.29) is 11.6 Å². The number of methoxy groups -OCH3 is 1. The number of rotatable bonds is 4. The van der Waals surface area contributed by atoms with E-state index in [9.17, 15) is 4.79 Å². The first kappa shape index (κ1) is 15.2. The van der Waals surface area contributed by atoms with Crippen molar-refractivity contribution in [3.05, 3.63) is 52.9 Å². The van der Waals surface area contributed by atoms with Gasteiger partial charge in [0.05, 0.1) is 12.8 Å². The minimum atomic E-state index is -0.378. The second-order valence-corrected chi connectivity index (χ2v) is 5.31. The molecular formula is C16H14ClN3O3. The predicted molar refractivity (Wildman–Crippen MR) is 87.0 cm³/mol. The lowest BCUT2D eigenvalue weighted by Crippen LogP contribution is -2.13. The summed E-state index contributed by atoms with van der Waals surface area (Å²) in [6.07, 6.45) is 0. The van der Waals surface area contributed by atoms with Gasteiger partial charge in [0.1, 0.15) is 17.2 Å². The van der Waals surface area contributed by atoms with Gasteiger partial charge in [-0.25, -0.2) is 0 Å². The van der Waals surface area contributed by atoms with Crippen LogP contribution in [0.2, 0.25) is 5.02 Å². The van der Waals surface area contributed by atoms with Crippen molar-refractivity contribution in [2.45, 2.75) is 6.92 Å². The molecule has 23 heavy (non-hydrogen) atoms. The molecule has 7 heteroatoms. The molecule has 0 radical (unpaired) electrons. The standard InChI is InChI=1S/C16H14ClN3O3/c1-9-3-5-15(23-9)12-8-13(20-19-12)16(21)18-11-7-10(17)4-6-14(11)22-2/h3-8H,1-2H3,(H,18,21)(H,19,20). The van der Waals surface area contributed by atoms with Gasteiger partial charge in [-0.05, 0) is 37.3 Å². The van der Waals surface area contributed by atoms with Crippen LogP contribution in [0.1, 0.15) is 16.2 Å². The van der Waals surface area contributed by atoms with Gasteiger partial charge in [-0.2, -0.15) is 5.10 Å². The third-order valence-electron chi connectivity index (χ3n) is 3.23. The third kappa shape index (κ3) is 3.22. The Morgan fingerprint density at radius 1 is 1.30 bits per heavy atom.